The molecular weight excluding hydrogens is 244 g/mol. The molecule has 1 rings (SSSR count). The first-order chi connectivity index (χ1) is 9.08. The van der Waals surface area contributed by atoms with Crippen LogP contribution < -0.4 is 0 Å². The first kappa shape index (κ1) is 15.2. The van der Waals surface area contributed by atoms with Crippen molar-refractivity contribution < 1.29 is 0 Å². The summed E-state index contributed by atoms with van der Waals surface area (Å²) in [5.41, 5.74) is 4.31. The highest BCUT2D eigenvalue weighted by Crippen LogP contribution is 1.97. The largest absolute Gasteiger partial charge is 0.130 e. The number of unbranched alkanes of at least 4 members (excludes halogenated alkanes) is 2. The summed E-state index contributed by atoms with van der Waals surface area (Å²) in [6.07, 6.45) is 2.79. The highest BCUT2D eigenvalue weighted by atomic mass is 28.3. The van der Waals surface area contributed by atoms with Gasteiger partial charge in [-0.05, 0) is 30.4 Å². The van der Waals surface area contributed by atoms with E-state index in [0.717, 1.165) is 24.8 Å². The van der Waals surface area contributed by atoms with E-state index < -0.39 is 8.07 Å². The molecule has 0 nitrogen and oxygen atoms in total. The molecule has 19 heavy (non-hydrogen) atoms. The lowest BCUT2D eigenvalue weighted by atomic mass is 10.2. The van der Waals surface area contributed by atoms with Gasteiger partial charge >= 0.3 is 0 Å². The van der Waals surface area contributed by atoms with Crippen LogP contribution in [-0.4, -0.2) is 8.07 Å². The molecule has 96 valence electrons. The second-order valence-corrected chi connectivity index (χ2v) is 10.1. The van der Waals surface area contributed by atoms with E-state index in [0.29, 0.717) is 0 Å². The van der Waals surface area contributed by atoms with Gasteiger partial charge in [0.1, 0.15) is 8.07 Å². The van der Waals surface area contributed by atoms with Gasteiger partial charge in [0.2, 0.25) is 0 Å². The predicted molar refractivity (Wildman–Crippen MR) is 86.1 cm³/mol. The molecule has 0 saturated heterocycles. The first-order valence-corrected chi connectivity index (χ1v) is 10.1. The fourth-order valence-electron chi connectivity index (χ4n) is 1.28. The van der Waals surface area contributed by atoms with Gasteiger partial charge in [-0.25, -0.2) is 0 Å². The highest BCUT2D eigenvalue weighted by Gasteiger charge is 2.06. The fourth-order valence-corrected chi connectivity index (χ4v) is 1.71. The molecule has 0 N–H and O–H groups in total. The van der Waals surface area contributed by atoms with Crippen LogP contribution in [0.3, 0.4) is 0 Å². The molecule has 1 heteroatoms. The van der Waals surface area contributed by atoms with Gasteiger partial charge in [0.05, 0.1) is 0 Å². The Morgan fingerprint density at radius 2 is 1.58 bits per heavy atom. The SMILES string of the molecule is C[Si](C)(C)C#CC#CCCCC#Cc1ccccc1. The van der Waals surface area contributed by atoms with Crippen LogP contribution >= 0.6 is 0 Å². The molecule has 1 aromatic rings. The molecule has 0 aromatic heterocycles. The van der Waals surface area contributed by atoms with Gasteiger partial charge in [-0.3, -0.25) is 0 Å². The summed E-state index contributed by atoms with van der Waals surface area (Å²) >= 11 is 0. The Labute approximate surface area is 118 Å². The van der Waals surface area contributed by atoms with Crippen LogP contribution in [0.25, 0.3) is 0 Å². The molecule has 0 amide bonds. The van der Waals surface area contributed by atoms with Gasteiger partial charge < -0.3 is 0 Å². The van der Waals surface area contributed by atoms with Gasteiger partial charge in [-0.15, -0.1) is 5.54 Å². The minimum absolute atomic E-state index is 0.879. The molecule has 0 spiro atoms. The maximum atomic E-state index is 3.23. The van der Waals surface area contributed by atoms with Crippen molar-refractivity contribution in [3.63, 3.8) is 0 Å². The van der Waals surface area contributed by atoms with Crippen molar-refractivity contribution >= 4 is 8.07 Å². The second-order valence-electron chi connectivity index (χ2n) is 5.32. The zero-order valence-electron chi connectivity index (χ0n) is 12.0. The Kier molecular flexibility index (Phi) is 6.60. The van der Waals surface area contributed by atoms with E-state index in [2.05, 4.69) is 54.8 Å². The summed E-state index contributed by atoms with van der Waals surface area (Å²) in [7, 11) is -1.26. The normalized spacial score (nSPS) is 9.21. The summed E-state index contributed by atoms with van der Waals surface area (Å²) < 4.78 is 0. The van der Waals surface area contributed by atoms with Crippen LogP contribution in [0.2, 0.25) is 19.6 Å². The Bertz CT molecular complexity index is 557. The number of hydrogen-bond acceptors (Lipinski definition) is 0. The summed E-state index contributed by atoms with van der Waals surface area (Å²) in [6, 6.07) is 10.1. The van der Waals surface area contributed by atoms with Gasteiger partial charge in [0, 0.05) is 18.4 Å². The van der Waals surface area contributed by atoms with Crippen molar-refractivity contribution in [2.75, 3.05) is 0 Å². The minimum atomic E-state index is -1.26. The van der Waals surface area contributed by atoms with Crippen LogP contribution in [0.4, 0.5) is 0 Å². The Morgan fingerprint density at radius 3 is 2.26 bits per heavy atom. The van der Waals surface area contributed by atoms with Crippen LogP contribution in [-0.2, 0) is 0 Å². The molecule has 0 saturated carbocycles. The maximum absolute atomic E-state index is 3.23. The monoisotopic (exact) mass is 264 g/mol. The van der Waals surface area contributed by atoms with E-state index in [1.807, 2.05) is 30.3 Å². The molecule has 0 bridgehead atoms. The zero-order chi connectivity index (χ0) is 14.0. The minimum Gasteiger partial charge on any atom is -0.118 e. The number of benzene rings is 1. The third-order valence-corrected chi connectivity index (χ3v) is 3.07. The quantitative estimate of drug-likeness (QED) is 0.429. The summed E-state index contributed by atoms with van der Waals surface area (Å²) in [5.74, 6) is 15.3. The predicted octanol–water partition coefficient (Wildman–Crippen LogP) is 4.09. The molecule has 0 aliphatic rings. The van der Waals surface area contributed by atoms with E-state index >= 15 is 0 Å². The van der Waals surface area contributed by atoms with E-state index in [1.165, 1.54) is 0 Å². The lowest BCUT2D eigenvalue weighted by molar-refractivity contribution is 0.904. The first-order valence-electron chi connectivity index (χ1n) is 6.62. The van der Waals surface area contributed by atoms with E-state index in [-0.39, 0.29) is 0 Å². The summed E-state index contributed by atoms with van der Waals surface area (Å²) in [5, 5.41) is 0. The van der Waals surface area contributed by atoms with Crippen molar-refractivity contribution in [1.29, 1.82) is 0 Å². The van der Waals surface area contributed by atoms with E-state index in [1.54, 1.807) is 0 Å². The fraction of sp³-hybridized carbons (Fsp3) is 0.333. The van der Waals surface area contributed by atoms with Crippen molar-refractivity contribution in [3.8, 4) is 35.1 Å². The molecule has 1 aromatic carbocycles. The van der Waals surface area contributed by atoms with Crippen LogP contribution in [0.5, 0.6) is 0 Å². The molecule has 0 unspecified atom stereocenters. The van der Waals surface area contributed by atoms with Gasteiger partial charge in [-0.1, -0.05) is 55.6 Å². The average Bonchev–Trinajstić information content (AvgIpc) is 2.37. The number of rotatable bonds is 2. The van der Waals surface area contributed by atoms with Gasteiger partial charge in [0.15, 0.2) is 0 Å². The molecule has 0 aliphatic heterocycles. The van der Waals surface area contributed by atoms with Crippen LogP contribution in [0.1, 0.15) is 24.8 Å². The molecule has 0 atom stereocenters. The molecule has 0 radical (unpaired) electrons. The zero-order valence-corrected chi connectivity index (χ0v) is 13.0. The standard InChI is InChI=1S/C18H20Si/c1-19(2,3)17-13-8-6-4-5-7-10-14-18-15-11-9-12-16-18/h9,11-12,15-16H,4-5,7H2,1-3H3. The third-order valence-electron chi connectivity index (χ3n) is 2.20. The van der Waals surface area contributed by atoms with Crippen LogP contribution in [0.15, 0.2) is 30.3 Å². The topological polar surface area (TPSA) is 0 Å². The average molecular weight is 264 g/mol. The Hall–Kier alpha value is -1.88. The van der Waals surface area contributed by atoms with E-state index in [9.17, 15) is 0 Å². The number of hydrogen-bond donors (Lipinski definition) is 0. The summed E-state index contributed by atoms with van der Waals surface area (Å²) in [4.78, 5) is 0. The third kappa shape index (κ3) is 8.79. The smallest absolute Gasteiger partial charge is 0.118 e. The Balaban J connectivity index is 2.24. The van der Waals surface area contributed by atoms with Crippen molar-refractivity contribution in [1.82, 2.24) is 0 Å². The summed E-state index contributed by atoms with van der Waals surface area (Å²) in [6.45, 7) is 6.67. The highest BCUT2D eigenvalue weighted by molar-refractivity contribution is 6.83. The van der Waals surface area contributed by atoms with Gasteiger partial charge in [-0.2, -0.15) is 0 Å². The van der Waals surface area contributed by atoms with Crippen molar-refractivity contribution in [3.05, 3.63) is 35.9 Å². The van der Waals surface area contributed by atoms with Crippen molar-refractivity contribution in [2.45, 2.75) is 38.9 Å². The molecule has 0 aliphatic carbocycles. The van der Waals surface area contributed by atoms with Crippen molar-refractivity contribution in [2.24, 2.45) is 0 Å². The lowest BCUT2D eigenvalue weighted by Gasteiger charge is -2.01. The molecule has 0 fully saturated rings. The van der Waals surface area contributed by atoms with E-state index in [4.69, 9.17) is 0 Å². The van der Waals surface area contributed by atoms with Gasteiger partial charge in [0.25, 0.3) is 0 Å². The molecular formula is C18H20Si. The Morgan fingerprint density at radius 1 is 0.895 bits per heavy atom. The lowest BCUT2D eigenvalue weighted by Crippen LogP contribution is -2.16. The molecule has 0 heterocycles. The maximum Gasteiger partial charge on any atom is 0.130 e. The second kappa shape index (κ2) is 8.26. The van der Waals surface area contributed by atoms with Crippen LogP contribution in [0, 0.1) is 35.1 Å².